The van der Waals surface area contributed by atoms with Gasteiger partial charge >= 0.3 is 0 Å². The van der Waals surface area contributed by atoms with Crippen LogP contribution in [0.2, 0.25) is 5.02 Å². The molecule has 0 fully saturated rings. The van der Waals surface area contributed by atoms with Gasteiger partial charge in [0.1, 0.15) is 4.90 Å². The maximum Gasteiger partial charge on any atom is 0.242 e. The van der Waals surface area contributed by atoms with Crippen molar-refractivity contribution in [3.05, 3.63) is 29.3 Å². The molecule has 1 aromatic carbocycles. The summed E-state index contributed by atoms with van der Waals surface area (Å²) in [4.78, 5) is 0.0569. The minimum atomic E-state index is -3.61. The zero-order valence-electron chi connectivity index (χ0n) is 8.85. The maximum absolute atomic E-state index is 11.9. The Kier molecular flexibility index (Phi) is 4.73. The molecule has 0 saturated carbocycles. The third-order valence-corrected chi connectivity index (χ3v) is 4.13. The largest absolute Gasteiger partial charge is 0.396 e. The van der Waals surface area contributed by atoms with Gasteiger partial charge in [-0.3, -0.25) is 0 Å². The second kappa shape index (κ2) is 5.63. The number of nitrogens with one attached hydrogen (secondary N) is 1. The lowest BCUT2D eigenvalue weighted by atomic mass is 10.3. The summed E-state index contributed by atoms with van der Waals surface area (Å²) in [5, 5.41) is 8.88. The van der Waals surface area contributed by atoms with Crippen molar-refractivity contribution in [3.63, 3.8) is 0 Å². The van der Waals surface area contributed by atoms with E-state index in [-0.39, 0.29) is 22.6 Å². The lowest BCUT2D eigenvalue weighted by Crippen LogP contribution is -2.33. The number of hydrogen-bond acceptors (Lipinski definition) is 3. The molecule has 0 radical (unpaired) electrons. The predicted octanol–water partition coefficient (Wildman–Crippen LogP) is 1.39. The summed E-state index contributed by atoms with van der Waals surface area (Å²) in [6, 6.07) is 5.91. The van der Waals surface area contributed by atoms with Crippen LogP contribution in [-0.4, -0.2) is 26.2 Å². The minimum absolute atomic E-state index is 0.0569. The van der Waals surface area contributed by atoms with Crippen molar-refractivity contribution >= 4 is 21.6 Å². The second-order valence-electron chi connectivity index (χ2n) is 3.47. The van der Waals surface area contributed by atoms with E-state index in [0.29, 0.717) is 6.42 Å². The molecule has 0 aromatic heterocycles. The van der Waals surface area contributed by atoms with Crippen LogP contribution in [0.1, 0.15) is 13.3 Å². The first-order valence-electron chi connectivity index (χ1n) is 4.85. The Morgan fingerprint density at radius 1 is 1.44 bits per heavy atom. The Hall–Kier alpha value is -0.620. The fraction of sp³-hybridized carbons (Fsp3) is 0.400. The van der Waals surface area contributed by atoms with E-state index in [0.717, 1.165) is 0 Å². The van der Waals surface area contributed by atoms with Gasteiger partial charge in [-0.1, -0.05) is 23.7 Å². The number of hydrogen-bond donors (Lipinski definition) is 2. The van der Waals surface area contributed by atoms with E-state index in [9.17, 15) is 8.42 Å². The van der Waals surface area contributed by atoms with Crippen LogP contribution in [0.4, 0.5) is 0 Å². The standard InChI is InChI=1S/C10H14ClNO3S/c1-8(6-7-13)12-16(14,15)10-5-3-2-4-9(10)11/h2-5,8,12-13H,6-7H2,1H3. The van der Waals surface area contributed by atoms with Crippen LogP contribution < -0.4 is 4.72 Å². The molecule has 6 heteroatoms. The number of aliphatic hydroxyl groups excluding tert-OH is 1. The summed E-state index contributed by atoms with van der Waals surface area (Å²) in [7, 11) is -3.61. The highest BCUT2D eigenvalue weighted by Crippen LogP contribution is 2.20. The molecule has 1 atom stereocenters. The van der Waals surface area contributed by atoms with Gasteiger partial charge in [0.25, 0.3) is 0 Å². The van der Waals surface area contributed by atoms with Crippen LogP contribution in [0.15, 0.2) is 29.2 Å². The number of benzene rings is 1. The summed E-state index contributed by atoms with van der Waals surface area (Å²) >= 11 is 5.80. The highest BCUT2D eigenvalue weighted by atomic mass is 35.5. The lowest BCUT2D eigenvalue weighted by Gasteiger charge is -2.13. The average molecular weight is 264 g/mol. The van der Waals surface area contributed by atoms with Crippen molar-refractivity contribution < 1.29 is 13.5 Å². The molecular formula is C10H14ClNO3S. The van der Waals surface area contributed by atoms with Gasteiger partial charge in [-0.15, -0.1) is 0 Å². The number of sulfonamides is 1. The third-order valence-electron chi connectivity index (χ3n) is 2.04. The Bertz CT molecular complexity index is 447. The first kappa shape index (κ1) is 13.4. The number of rotatable bonds is 5. The summed E-state index contributed by atoms with van der Waals surface area (Å²) in [6.45, 7) is 1.62. The fourth-order valence-electron chi connectivity index (χ4n) is 1.24. The van der Waals surface area contributed by atoms with Crippen LogP contribution in [-0.2, 0) is 10.0 Å². The monoisotopic (exact) mass is 263 g/mol. The van der Waals surface area contributed by atoms with E-state index in [2.05, 4.69) is 4.72 Å². The second-order valence-corrected chi connectivity index (χ2v) is 5.55. The summed E-state index contributed by atoms with van der Waals surface area (Å²) < 4.78 is 26.2. The molecule has 0 spiro atoms. The van der Waals surface area contributed by atoms with Gasteiger partial charge in [0.2, 0.25) is 10.0 Å². The van der Waals surface area contributed by atoms with E-state index in [4.69, 9.17) is 16.7 Å². The van der Waals surface area contributed by atoms with Crippen LogP contribution >= 0.6 is 11.6 Å². The molecule has 0 bridgehead atoms. The van der Waals surface area contributed by atoms with Gasteiger partial charge in [-0.25, -0.2) is 13.1 Å². The molecular weight excluding hydrogens is 250 g/mol. The Morgan fingerprint density at radius 2 is 2.06 bits per heavy atom. The van der Waals surface area contributed by atoms with E-state index in [1.54, 1.807) is 19.1 Å². The van der Waals surface area contributed by atoms with Crippen molar-refractivity contribution in [3.8, 4) is 0 Å². The Balaban J connectivity index is 2.91. The fourth-order valence-corrected chi connectivity index (χ4v) is 3.04. The van der Waals surface area contributed by atoms with Gasteiger partial charge in [-0.2, -0.15) is 0 Å². The molecule has 1 unspecified atom stereocenters. The zero-order valence-corrected chi connectivity index (χ0v) is 10.4. The summed E-state index contributed by atoms with van der Waals surface area (Å²) in [6.07, 6.45) is 0.365. The van der Waals surface area contributed by atoms with Crippen LogP contribution in [0.3, 0.4) is 0 Å². The first-order chi connectivity index (χ1) is 7.47. The third kappa shape index (κ3) is 3.45. The van der Waals surface area contributed by atoms with Crippen LogP contribution in [0.25, 0.3) is 0 Å². The lowest BCUT2D eigenvalue weighted by molar-refractivity contribution is 0.275. The molecule has 0 saturated heterocycles. The molecule has 0 heterocycles. The maximum atomic E-state index is 11.9. The quantitative estimate of drug-likeness (QED) is 0.844. The van der Waals surface area contributed by atoms with Crippen LogP contribution in [0, 0.1) is 0 Å². The minimum Gasteiger partial charge on any atom is -0.396 e. The van der Waals surface area contributed by atoms with Crippen molar-refractivity contribution in [1.82, 2.24) is 4.72 Å². The molecule has 0 amide bonds. The SMILES string of the molecule is CC(CCO)NS(=O)(=O)c1ccccc1Cl. The van der Waals surface area contributed by atoms with Gasteiger partial charge in [0.05, 0.1) is 5.02 Å². The van der Waals surface area contributed by atoms with Crippen molar-refractivity contribution in [2.75, 3.05) is 6.61 Å². The number of halogens is 1. The molecule has 90 valence electrons. The van der Waals surface area contributed by atoms with E-state index >= 15 is 0 Å². The van der Waals surface area contributed by atoms with Gasteiger partial charge in [0.15, 0.2) is 0 Å². The smallest absolute Gasteiger partial charge is 0.242 e. The highest BCUT2D eigenvalue weighted by molar-refractivity contribution is 7.89. The summed E-state index contributed by atoms with van der Waals surface area (Å²) in [5.41, 5.74) is 0. The van der Waals surface area contributed by atoms with E-state index < -0.39 is 10.0 Å². The Morgan fingerprint density at radius 3 is 2.62 bits per heavy atom. The van der Waals surface area contributed by atoms with Gasteiger partial charge < -0.3 is 5.11 Å². The van der Waals surface area contributed by atoms with Crippen molar-refractivity contribution in [1.29, 1.82) is 0 Å². The van der Waals surface area contributed by atoms with Crippen molar-refractivity contribution in [2.24, 2.45) is 0 Å². The molecule has 1 rings (SSSR count). The average Bonchev–Trinajstić information content (AvgIpc) is 2.17. The normalized spacial score (nSPS) is 13.7. The molecule has 0 aliphatic carbocycles. The number of aliphatic hydroxyl groups is 1. The van der Waals surface area contributed by atoms with Gasteiger partial charge in [-0.05, 0) is 25.5 Å². The predicted molar refractivity (Wildman–Crippen MR) is 62.9 cm³/mol. The Labute approximate surface area is 100 Å². The van der Waals surface area contributed by atoms with E-state index in [1.807, 2.05) is 0 Å². The topological polar surface area (TPSA) is 66.4 Å². The molecule has 0 aliphatic rings. The van der Waals surface area contributed by atoms with Crippen LogP contribution in [0.5, 0.6) is 0 Å². The zero-order chi connectivity index (χ0) is 12.2. The molecule has 2 N–H and O–H groups in total. The van der Waals surface area contributed by atoms with Crippen molar-refractivity contribution in [2.45, 2.75) is 24.3 Å². The summed E-state index contributed by atoms with van der Waals surface area (Å²) in [5.74, 6) is 0. The molecule has 0 aliphatic heterocycles. The molecule has 1 aromatic rings. The van der Waals surface area contributed by atoms with Gasteiger partial charge in [0, 0.05) is 12.6 Å². The highest BCUT2D eigenvalue weighted by Gasteiger charge is 2.19. The van der Waals surface area contributed by atoms with E-state index in [1.165, 1.54) is 12.1 Å². The molecule has 16 heavy (non-hydrogen) atoms. The molecule has 4 nitrogen and oxygen atoms in total. The first-order valence-corrected chi connectivity index (χ1v) is 6.71.